The fourth-order valence-electron chi connectivity index (χ4n) is 4.42. The quantitative estimate of drug-likeness (QED) is 0.720. The highest BCUT2D eigenvalue weighted by Crippen LogP contribution is 2.26. The smallest absolute Gasteiger partial charge is 0.165 e. The van der Waals surface area contributed by atoms with Gasteiger partial charge in [0.15, 0.2) is 11.6 Å². The Kier molecular flexibility index (Phi) is 6.64. The number of hydrogen-bond acceptors (Lipinski definition) is 7. The number of aromatic nitrogens is 2. The van der Waals surface area contributed by atoms with Crippen molar-refractivity contribution in [2.45, 2.75) is 44.3 Å². The fourth-order valence-corrected chi connectivity index (χ4v) is 4.42. The summed E-state index contributed by atoms with van der Waals surface area (Å²) < 4.78 is 18.9. The van der Waals surface area contributed by atoms with Crippen molar-refractivity contribution in [2.75, 3.05) is 43.6 Å². The summed E-state index contributed by atoms with van der Waals surface area (Å²) in [6.45, 7) is 3.71. The molecule has 2 fully saturated rings. The molecule has 0 saturated carbocycles. The molecule has 7 nitrogen and oxygen atoms in total. The number of aliphatic hydroxyl groups is 1. The molecule has 4 rings (SSSR count). The molecule has 2 aliphatic rings. The molecule has 162 valence electrons. The highest BCUT2D eigenvalue weighted by atomic mass is 19.1. The van der Waals surface area contributed by atoms with Crippen LogP contribution in [0.4, 0.5) is 16.0 Å². The van der Waals surface area contributed by atoms with Gasteiger partial charge in [-0.3, -0.25) is 4.90 Å². The zero-order valence-electron chi connectivity index (χ0n) is 17.4. The summed E-state index contributed by atoms with van der Waals surface area (Å²) in [5.41, 5.74) is 0.962. The third kappa shape index (κ3) is 4.82. The van der Waals surface area contributed by atoms with Gasteiger partial charge < -0.3 is 20.1 Å². The summed E-state index contributed by atoms with van der Waals surface area (Å²) in [6, 6.07) is 7.66. The van der Waals surface area contributed by atoms with E-state index in [1.54, 1.807) is 18.5 Å². The van der Waals surface area contributed by atoms with E-state index in [0.717, 1.165) is 69.1 Å². The standard InChI is InChI=1S/C22H30FN5O2/c1-30-20-5-4-16(11-19(20)23)13-27-9-6-17(7-10-27)26-21-12-22(25-15-24-21)28-8-2-3-18(28)14-29/h4-5,11-12,15,17-18,29H,2-3,6-10,13-14H2,1H3,(H,24,25,26). The van der Waals surface area contributed by atoms with Gasteiger partial charge in [-0.1, -0.05) is 6.07 Å². The van der Waals surface area contributed by atoms with E-state index < -0.39 is 0 Å². The third-order valence-electron chi connectivity index (χ3n) is 6.10. The minimum absolute atomic E-state index is 0.152. The first kappa shape index (κ1) is 20.8. The number of methoxy groups -OCH3 is 1. The van der Waals surface area contributed by atoms with Crippen LogP contribution in [0.1, 0.15) is 31.2 Å². The Morgan fingerprint density at radius 2 is 2.00 bits per heavy atom. The summed E-state index contributed by atoms with van der Waals surface area (Å²) in [5, 5.41) is 13.1. The molecule has 2 aromatic rings. The van der Waals surface area contributed by atoms with Crippen LogP contribution in [-0.2, 0) is 6.54 Å². The van der Waals surface area contributed by atoms with Crippen molar-refractivity contribution in [1.82, 2.24) is 14.9 Å². The van der Waals surface area contributed by atoms with E-state index in [9.17, 15) is 9.50 Å². The zero-order chi connectivity index (χ0) is 20.9. The third-order valence-corrected chi connectivity index (χ3v) is 6.10. The van der Waals surface area contributed by atoms with E-state index in [1.807, 2.05) is 12.1 Å². The number of likely N-dealkylation sites (tertiary alicyclic amines) is 1. The number of hydrogen-bond donors (Lipinski definition) is 2. The van der Waals surface area contributed by atoms with Gasteiger partial charge in [-0.2, -0.15) is 0 Å². The number of nitrogens with zero attached hydrogens (tertiary/aromatic N) is 4. The Labute approximate surface area is 176 Å². The molecule has 0 aliphatic carbocycles. The van der Waals surface area contributed by atoms with Crippen LogP contribution in [0.15, 0.2) is 30.6 Å². The SMILES string of the molecule is COc1ccc(CN2CCC(Nc3cc(N4CCCC4CO)ncn3)CC2)cc1F. The molecule has 1 aromatic carbocycles. The highest BCUT2D eigenvalue weighted by Gasteiger charge is 2.26. The van der Waals surface area contributed by atoms with Crippen LogP contribution in [0.2, 0.25) is 0 Å². The van der Waals surface area contributed by atoms with Crippen LogP contribution >= 0.6 is 0 Å². The first-order chi connectivity index (χ1) is 14.7. The van der Waals surface area contributed by atoms with Crippen LogP contribution in [0.5, 0.6) is 5.75 Å². The second-order valence-electron chi connectivity index (χ2n) is 8.10. The first-order valence-corrected chi connectivity index (χ1v) is 10.7. The van der Waals surface area contributed by atoms with Crippen molar-refractivity contribution in [3.63, 3.8) is 0 Å². The fraction of sp³-hybridized carbons (Fsp3) is 0.545. The van der Waals surface area contributed by atoms with Gasteiger partial charge in [-0.25, -0.2) is 14.4 Å². The number of benzene rings is 1. The van der Waals surface area contributed by atoms with Gasteiger partial charge in [0.1, 0.15) is 18.0 Å². The number of piperidine rings is 1. The first-order valence-electron chi connectivity index (χ1n) is 10.7. The summed E-state index contributed by atoms with van der Waals surface area (Å²) in [6.07, 6.45) is 5.67. The lowest BCUT2D eigenvalue weighted by Crippen LogP contribution is -2.39. The van der Waals surface area contributed by atoms with Gasteiger partial charge in [-0.05, 0) is 43.4 Å². The molecular formula is C22H30FN5O2. The molecule has 1 unspecified atom stereocenters. The van der Waals surface area contributed by atoms with Crippen molar-refractivity contribution in [2.24, 2.45) is 0 Å². The van der Waals surface area contributed by atoms with Gasteiger partial charge in [0.2, 0.25) is 0 Å². The van der Waals surface area contributed by atoms with Crippen molar-refractivity contribution in [3.8, 4) is 5.75 Å². The van der Waals surface area contributed by atoms with Gasteiger partial charge in [0.05, 0.1) is 19.8 Å². The average Bonchev–Trinajstić information content (AvgIpc) is 3.25. The zero-order valence-corrected chi connectivity index (χ0v) is 17.4. The highest BCUT2D eigenvalue weighted by molar-refractivity contribution is 5.50. The lowest BCUT2D eigenvalue weighted by atomic mass is 10.0. The average molecular weight is 416 g/mol. The Balaban J connectivity index is 1.30. The van der Waals surface area contributed by atoms with Crippen molar-refractivity contribution in [1.29, 1.82) is 0 Å². The van der Waals surface area contributed by atoms with Crippen molar-refractivity contribution >= 4 is 11.6 Å². The van der Waals surface area contributed by atoms with Crippen LogP contribution in [0.25, 0.3) is 0 Å². The molecule has 2 aliphatic heterocycles. The second-order valence-corrected chi connectivity index (χ2v) is 8.10. The van der Waals surface area contributed by atoms with E-state index in [2.05, 4.69) is 25.1 Å². The second kappa shape index (κ2) is 9.57. The van der Waals surface area contributed by atoms with Crippen LogP contribution in [-0.4, -0.2) is 65.4 Å². The Bertz CT molecular complexity index is 844. The van der Waals surface area contributed by atoms with E-state index in [4.69, 9.17) is 4.74 Å². The molecule has 0 radical (unpaired) electrons. The molecule has 0 amide bonds. The van der Waals surface area contributed by atoms with Gasteiger partial charge >= 0.3 is 0 Å². The largest absolute Gasteiger partial charge is 0.494 e. The predicted octanol–water partition coefficient (Wildman–Crippen LogP) is 2.66. The molecule has 2 saturated heterocycles. The summed E-state index contributed by atoms with van der Waals surface area (Å²) in [7, 11) is 1.48. The maximum Gasteiger partial charge on any atom is 0.165 e. The molecule has 1 atom stereocenters. The molecule has 8 heteroatoms. The molecule has 2 N–H and O–H groups in total. The van der Waals surface area contributed by atoms with E-state index in [-0.39, 0.29) is 24.2 Å². The maximum absolute atomic E-state index is 13.9. The normalized spacial score (nSPS) is 20.5. The lowest BCUT2D eigenvalue weighted by Gasteiger charge is -2.33. The summed E-state index contributed by atoms with van der Waals surface area (Å²) in [5.74, 6) is 1.68. The van der Waals surface area contributed by atoms with Crippen LogP contribution < -0.4 is 15.0 Å². The number of halogens is 1. The predicted molar refractivity (Wildman–Crippen MR) is 114 cm³/mol. The molecule has 30 heavy (non-hydrogen) atoms. The molecule has 1 aromatic heterocycles. The monoisotopic (exact) mass is 415 g/mol. The van der Waals surface area contributed by atoms with E-state index in [0.29, 0.717) is 6.04 Å². The van der Waals surface area contributed by atoms with Gasteiger partial charge in [0, 0.05) is 38.3 Å². The Hall–Kier alpha value is -2.45. The van der Waals surface area contributed by atoms with Crippen LogP contribution in [0.3, 0.4) is 0 Å². The van der Waals surface area contributed by atoms with Crippen molar-refractivity contribution in [3.05, 3.63) is 42.0 Å². The number of ether oxygens (including phenoxy) is 1. The lowest BCUT2D eigenvalue weighted by molar-refractivity contribution is 0.211. The Morgan fingerprint density at radius 1 is 1.17 bits per heavy atom. The number of rotatable bonds is 7. The number of nitrogens with one attached hydrogen (secondary N) is 1. The Morgan fingerprint density at radius 3 is 2.73 bits per heavy atom. The molecule has 3 heterocycles. The van der Waals surface area contributed by atoms with E-state index in [1.165, 1.54) is 7.11 Å². The van der Waals surface area contributed by atoms with Gasteiger partial charge in [0.25, 0.3) is 0 Å². The van der Waals surface area contributed by atoms with Crippen LogP contribution in [0, 0.1) is 5.82 Å². The summed E-state index contributed by atoms with van der Waals surface area (Å²) >= 11 is 0. The minimum Gasteiger partial charge on any atom is -0.494 e. The minimum atomic E-state index is -0.312. The van der Waals surface area contributed by atoms with Gasteiger partial charge in [-0.15, -0.1) is 0 Å². The number of aliphatic hydroxyl groups excluding tert-OH is 1. The molecule has 0 spiro atoms. The topological polar surface area (TPSA) is 73.8 Å². The number of anilines is 2. The molecular weight excluding hydrogens is 385 g/mol. The maximum atomic E-state index is 13.9. The molecule has 0 bridgehead atoms. The summed E-state index contributed by atoms with van der Waals surface area (Å²) in [4.78, 5) is 13.3. The van der Waals surface area contributed by atoms with Crippen molar-refractivity contribution < 1.29 is 14.2 Å². The van der Waals surface area contributed by atoms with E-state index >= 15 is 0 Å².